The Morgan fingerprint density at radius 1 is 1.09 bits per heavy atom. The van der Waals surface area contributed by atoms with Crippen molar-refractivity contribution in [1.29, 1.82) is 0 Å². The van der Waals surface area contributed by atoms with Gasteiger partial charge in [0.2, 0.25) is 0 Å². The van der Waals surface area contributed by atoms with Crippen molar-refractivity contribution in [3.8, 4) is 5.75 Å². The van der Waals surface area contributed by atoms with Crippen LogP contribution < -0.4 is 10.1 Å². The summed E-state index contributed by atoms with van der Waals surface area (Å²) in [7, 11) is 1.44. The van der Waals surface area contributed by atoms with Crippen molar-refractivity contribution in [3.63, 3.8) is 0 Å². The molecule has 0 aliphatic heterocycles. The van der Waals surface area contributed by atoms with Crippen molar-refractivity contribution in [1.82, 2.24) is 10.3 Å². The van der Waals surface area contributed by atoms with E-state index in [1.807, 2.05) is 30.3 Å². The van der Waals surface area contributed by atoms with E-state index < -0.39 is 23.5 Å². The number of hydrogen-bond acceptors (Lipinski definition) is 3. The van der Waals surface area contributed by atoms with E-state index >= 15 is 0 Å². The van der Waals surface area contributed by atoms with Crippen LogP contribution in [-0.4, -0.2) is 30.9 Å². The van der Waals surface area contributed by atoms with Crippen LogP contribution in [0.5, 0.6) is 5.75 Å². The summed E-state index contributed by atoms with van der Waals surface area (Å²) in [6.45, 7) is 3.57. The molecule has 2 atom stereocenters. The van der Waals surface area contributed by atoms with Gasteiger partial charge in [-0.2, -0.15) is 13.2 Å². The number of alkyl halides is 3. The standard InChI is InChI=1S/C25H28F4N2O/c1-4-30-23(25(27,28)29)16-24(2,20-15-18(26)9-10-22(20)32-3)13-11-17-12-14-31-21-8-6-5-7-19(17)21/h5-10,12,14-15,23,30H,4,11,13,16H2,1-3H3. The third kappa shape index (κ3) is 5.38. The summed E-state index contributed by atoms with van der Waals surface area (Å²) >= 11 is 0. The molecule has 7 heteroatoms. The van der Waals surface area contributed by atoms with Crippen LogP contribution in [0.1, 0.15) is 37.8 Å². The normalized spacial score (nSPS) is 14.8. The second-order valence-electron chi connectivity index (χ2n) is 8.25. The molecule has 1 heterocycles. The van der Waals surface area contributed by atoms with Gasteiger partial charge in [-0.15, -0.1) is 0 Å². The van der Waals surface area contributed by atoms with Gasteiger partial charge in [-0.25, -0.2) is 4.39 Å². The molecule has 172 valence electrons. The number of nitrogens with one attached hydrogen (secondary N) is 1. The quantitative estimate of drug-likeness (QED) is 0.396. The first kappa shape index (κ1) is 24.0. The molecule has 1 aromatic heterocycles. The largest absolute Gasteiger partial charge is 0.496 e. The zero-order chi connectivity index (χ0) is 23.4. The fourth-order valence-corrected chi connectivity index (χ4v) is 4.28. The van der Waals surface area contributed by atoms with Gasteiger partial charge in [0.1, 0.15) is 17.6 Å². The molecule has 32 heavy (non-hydrogen) atoms. The molecule has 3 nitrogen and oxygen atoms in total. The Hall–Kier alpha value is -2.67. The van der Waals surface area contributed by atoms with Gasteiger partial charge in [0.25, 0.3) is 0 Å². The number of halogens is 4. The van der Waals surface area contributed by atoms with Crippen LogP contribution in [0.25, 0.3) is 10.9 Å². The number of methoxy groups -OCH3 is 1. The van der Waals surface area contributed by atoms with Gasteiger partial charge < -0.3 is 10.1 Å². The van der Waals surface area contributed by atoms with Gasteiger partial charge in [-0.1, -0.05) is 32.0 Å². The number of nitrogens with zero attached hydrogens (tertiary/aromatic N) is 1. The number of ether oxygens (including phenoxy) is 1. The Morgan fingerprint density at radius 2 is 1.84 bits per heavy atom. The fourth-order valence-electron chi connectivity index (χ4n) is 4.28. The van der Waals surface area contributed by atoms with Gasteiger partial charge >= 0.3 is 6.18 Å². The molecule has 1 N–H and O–H groups in total. The summed E-state index contributed by atoms with van der Waals surface area (Å²) in [4.78, 5) is 4.36. The Balaban J connectivity index is 2.03. The van der Waals surface area contributed by atoms with Crippen LogP contribution in [0.4, 0.5) is 17.6 Å². The Labute approximate surface area is 185 Å². The summed E-state index contributed by atoms with van der Waals surface area (Å²) in [6, 6.07) is 11.8. The third-order valence-electron chi connectivity index (χ3n) is 6.00. The number of para-hydroxylation sites is 1. The van der Waals surface area contributed by atoms with Crippen LogP contribution >= 0.6 is 0 Å². The van der Waals surface area contributed by atoms with Gasteiger partial charge in [-0.3, -0.25) is 4.98 Å². The highest BCUT2D eigenvalue weighted by atomic mass is 19.4. The zero-order valence-electron chi connectivity index (χ0n) is 18.5. The minimum atomic E-state index is -4.43. The van der Waals surface area contributed by atoms with Crippen LogP contribution in [-0.2, 0) is 11.8 Å². The molecule has 0 aliphatic rings. The molecule has 0 aliphatic carbocycles. The monoisotopic (exact) mass is 448 g/mol. The first-order valence-corrected chi connectivity index (χ1v) is 10.6. The van der Waals surface area contributed by atoms with Gasteiger partial charge in [0, 0.05) is 17.1 Å². The second kappa shape index (κ2) is 9.86. The van der Waals surface area contributed by atoms with Gasteiger partial charge in [-0.05, 0) is 67.1 Å². The molecule has 0 spiro atoms. The summed E-state index contributed by atoms with van der Waals surface area (Å²) < 4.78 is 61.1. The van der Waals surface area contributed by atoms with Gasteiger partial charge in [0.15, 0.2) is 0 Å². The van der Waals surface area contributed by atoms with E-state index in [-0.39, 0.29) is 13.0 Å². The van der Waals surface area contributed by atoms with Crippen molar-refractivity contribution in [2.75, 3.05) is 13.7 Å². The Kier molecular flexibility index (Phi) is 7.39. The topological polar surface area (TPSA) is 34.2 Å². The van der Waals surface area contributed by atoms with Crippen LogP contribution in [0.3, 0.4) is 0 Å². The summed E-state index contributed by atoms with van der Waals surface area (Å²) in [5.74, 6) is -0.126. The lowest BCUT2D eigenvalue weighted by atomic mass is 9.72. The zero-order valence-corrected chi connectivity index (χ0v) is 18.5. The molecule has 2 unspecified atom stereocenters. The third-order valence-corrected chi connectivity index (χ3v) is 6.00. The first-order chi connectivity index (χ1) is 15.2. The lowest BCUT2D eigenvalue weighted by molar-refractivity contribution is -0.160. The molecule has 0 radical (unpaired) electrons. The predicted molar refractivity (Wildman–Crippen MR) is 119 cm³/mol. The second-order valence-corrected chi connectivity index (χ2v) is 8.25. The molecule has 0 fully saturated rings. The molecule has 0 amide bonds. The number of aromatic nitrogens is 1. The summed E-state index contributed by atoms with van der Waals surface area (Å²) in [5.41, 5.74) is 1.26. The van der Waals surface area contributed by atoms with E-state index in [2.05, 4.69) is 10.3 Å². The number of aryl methyl sites for hydroxylation is 1. The summed E-state index contributed by atoms with van der Waals surface area (Å²) in [5, 5.41) is 3.52. The number of rotatable bonds is 9. The van der Waals surface area contributed by atoms with Crippen molar-refractivity contribution in [3.05, 3.63) is 71.7 Å². The minimum absolute atomic E-state index is 0.176. The first-order valence-electron chi connectivity index (χ1n) is 10.6. The number of benzene rings is 2. The van der Waals surface area contributed by atoms with E-state index in [0.717, 1.165) is 16.5 Å². The van der Waals surface area contributed by atoms with Crippen molar-refractivity contribution in [2.24, 2.45) is 0 Å². The number of hydrogen-bond donors (Lipinski definition) is 1. The number of pyridine rings is 1. The van der Waals surface area contributed by atoms with E-state index in [0.29, 0.717) is 24.2 Å². The molecule has 3 rings (SSSR count). The van der Waals surface area contributed by atoms with E-state index in [1.54, 1.807) is 20.0 Å². The lowest BCUT2D eigenvalue weighted by Gasteiger charge is -2.36. The average molecular weight is 449 g/mol. The van der Waals surface area contributed by atoms with E-state index in [9.17, 15) is 17.6 Å². The molecule has 0 saturated heterocycles. The van der Waals surface area contributed by atoms with Crippen LogP contribution in [0, 0.1) is 5.82 Å². The molecule has 2 aromatic carbocycles. The van der Waals surface area contributed by atoms with Crippen LogP contribution in [0.15, 0.2) is 54.7 Å². The molecule has 0 bridgehead atoms. The maximum absolute atomic E-state index is 14.2. The molecule has 0 saturated carbocycles. The lowest BCUT2D eigenvalue weighted by Crippen LogP contribution is -2.46. The van der Waals surface area contributed by atoms with Crippen molar-refractivity contribution in [2.45, 2.75) is 50.7 Å². The predicted octanol–water partition coefficient (Wildman–Crippen LogP) is 6.20. The maximum atomic E-state index is 14.2. The van der Waals surface area contributed by atoms with Crippen LogP contribution in [0.2, 0.25) is 0 Å². The fraction of sp³-hybridized carbons (Fsp3) is 0.400. The molecular weight excluding hydrogens is 420 g/mol. The van der Waals surface area contributed by atoms with E-state index in [4.69, 9.17) is 4.74 Å². The Morgan fingerprint density at radius 3 is 2.53 bits per heavy atom. The number of fused-ring (bicyclic) bond motifs is 1. The highest BCUT2D eigenvalue weighted by molar-refractivity contribution is 5.81. The van der Waals surface area contributed by atoms with E-state index in [1.165, 1.54) is 25.3 Å². The SMILES string of the molecule is CCNC(CC(C)(CCc1ccnc2ccccc12)c1cc(F)ccc1OC)C(F)(F)F. The smallest absolute Gasteiger partial charge is 0.403 e. The Bertz CT molecular complexity index is 1050. The highest BCUT2D eigenvalue weighted by Crippen LogP contribution is 2.42. The maximum Gasteiger partial charge on any atom is 0.403 e. The molecule has 3 aromatic rings. The minimum Gasteiger partial charge on any atom is -0.496 e. The van der Waals surface area contributed by atoms with Crippen molar-refractivity contribution >= 4 is 10.9 Å². The van der Waals surface area contributed by atoms with Gasteiger partial charge in [0.05, 0.1) is 12.6 Å². The molecular formula is C25H28F4N2O. The van der Waals surface area contributed by atoms with Crippen molar-refractivity contribution < 1.29 is 22.3 Å². The average Bonchev–Trinajstić information content (AvgIpc) is 2.76. The summed E-state index contributed by atoms with van der Waals surface area (Å²) in [6.07, 6.45) is -2.09. The highest BCUT2D eigenvalue weighted by Gasteiger charge is 2.44.